The fourth-order valence-electron chi connectivity index (χ4n) is 2.96. The Labute approximate surface area is 114 Å². The van der Waals surface area contributed by atoms with Gasteiger partial charge in [0.25, 0.3) is 0 Å². The summed E-state index contributed by atoms with van der Waals surface area (Å²) >= 11 is 0. The van der Waals surface area contributed by atoms with Crippen LogP contribution in [0.15, 0.2) is 16.5 Å². The molecule has 1 aromatic carbocycles. The van der Waals surface area contributed by atoms with Crippen LogP contribution >= 0.6 is 0 Å². The Balaban J connectivity index is 2.02. The molecule has 0 unspecified atom stereocenters. The van der Waals surface area contributed by atoms with Crippen molar-refractivity contribution < 1.29 is 4.42 Å². The first-order valence-corrected chi connectivity index (χ1v) is 7.35. The molecule has 0 spiro atoms. The minimum Gasteiger partial charge on any atom is -0.438 e. The molecular formula is C16H22N2O. The normalized spacial score (nSPS) is 17.4. The molecule has 3 rings (SSSR count). The lowest BCUT2D eigenvalue weighted by molar-refractivity contribution is 0.373. The van der Waals surface area contributed by atoms with Gasteiger partial charge in [-0.25, -0.2) is 4.98 Å². The first-order valence-electron chi connectivity index (χ1n) is 7.35. The molecular weight excluding hydrogens is 236 g/mol. The van der Waals surface area contributed by atoms with E-state index in [-0.39, 0.29) is 0 Å². The van der Waals surface area contributed by atoms with Gasteiger partial charge in [0.1, 0.15) is 5.52 Å². The highest BCUT2D eigenvalue weighted by Gasteiger charge is 2.21. The SMILES string of the molecule is CC(C)c1cc(N)c2oc(C3CCCCC3)nc2c1. The zero-order valence-corrected chi connectivity index (χ0v) is 11.8. The highest BCUT2D eigenvalue weighted by atomic mass is 16.3. The molecule has 0 aliphatic heterocycles. The summed E-state index contributed by atoms with van der Waals surface area (Å²) in [4.78, 5) is 4.69. The van der Waals surface area contributed by atoms with E-state index in [4.69, 9.17) is 15.1 Å². The second-order valence-electron chi connectivity index (χ2n) is 6.00. The van der Waals surface area contributed by atoms with Crippen LogP contribution in [0.25, 0.3) is 11.1 Å². The van der Waals surface area contributed by atoms with Gasteiger partial charge in [-0.05, 0) is 36.5 Å². The van der Waals surface area contributed by atoms with E-state index in [9.17, 15) is 0 Å². The van der Waals surface area contributed by atoms with E-state index in [1.807, 2.05) is 6.07 Å². The number of rotatable bonds is 2. The predicted octanol–water partition coefficient (Wildman–Crippen LogP) is 4.58. The summed E-state index contributed by atoms with van der Waals surface area (Å²) in [5.74, 6) is 1.84. The highest BCUT2D eigenvalue weighted by Crippen LogP contribution is 2.35. The Morgan fingerprint density at radius 2 is 1.95 bits per heavy atom. The molecule has 19 heavy (non-hydrogen) atoms. The third-order valence-electron chi connectivity index (χ3n) is 4.18. The summed E-state index contributed by atoms with van der Waals surface area (Å²) in [5.41, 5.74) is 9.74. The summed E-state index contributed by atoms with van der Waals surface area (Å²) in [6.45, 7) is 4.34. The number of anilines is 1. The van der Waals surface area contributed by atoms with Crippen LogP contribution < -0.4 is 5.73 Å². The molecule has 1 saturated carbocycles. The van der Waals surface area contributed by atoms with Crippen LogP contribution in [0, 0.1) is 0 Å². The van der Waals surface area contributed by atoms with E-state index in [0.29, 0.717) is 11.8 Å². The van der Waals surface area contributed by atoms with E-state index in [0.717, 1.165) is 22.7 Å². The van der Waals surface area contributed by atoms with E-state index >= 15 is 0 Å². The van der Waals surface area contributed by atoms with Gasteiger partial charge in [0.05, 0.1) is 5.69 Å². The average Bonchev–Trinajstić information content (AvgIpc) is 2.84. The van der Waals surface area contributed by atoms with Crippen molar-refractivity contribution in [1.29, 1.82) is 0 Å². The molecule has 3 nitrogen and oxygen atoms in total. The smallest absolute Gasteiger partial charge is 0.198 e. The van der Waals surface area contributed by atoms with Crippen molar-refractivity contribution in [1.82, 2.24) is 4.98 Å². The Morgan fingerprint density at radius 3 is 2.63 bits per heavy atom. The predicted molar refractivity (Wildman–Crippen MR) is 78.3 cm³/mol. The number of hydrogen-bond donors (Lipinski definition) is 1. The van der Waals surface area contributed by atoms with Gasteiger partial charge < -0.3 is 10.2 Å². The van der Waals surface area contributed by atoms with Crippen LogP contribution in [0.1, 0.15) is 69.2 Å². The number of nitrogen functional groups attached to an aromatic ring is 1. The average molecular weight is 258 g/mol. The highest BCUT2D eigenvalue weighted by molar-refractivity contribution is 5.86. The molecule has 0 atom stereocenters. The second-order valence-corrected chi connectivity index (χ2v) is 6.00. The zero-order chi connectivity index (χ0) is 13.4. The van der Waals surface area contributed by atoms with E-state index in [2.05, 4.69) is 19.9 Å². The fraction of sp³-hybridized carbons (Fsp3) is 0.562. The summed E-state index contributed by atoms with van der Waals surface area (Å²) in [5, 5.41) is 0. The molecule has 1 aromatic heterocycles. The molecule has 2 N–H and O–H groups in total. The number of nitrogens with two attached hydrogens (primary N) is 1. The van der Waals surface area contributed by atoms with Gasteiger partial charge in [-0.15, -0.1) is 0 Å². The summed E-state index contributed by atoms with van der Waals surface area (Å²) in [6, 6.07) is 4.13. The molecule has 1 fully saturated rings. The summed E-state index contributed by atoms with van der Waals surface area (Å²) in [7, 11) is 0. The van der Waals surface area contributed by atoms with Crippen molar-refractivity contribution in [3.63, 3.8) is 0 Å². The van der Waals surface area contributed by atoms with Gasteiger partial charge in [-0.1, -0.05) is 33.1 Å². The maximum absolute atomic E-state index is 6.10. The topological polar surface area (TPSA) is 52.0 Å². The van der Waals surface area contributed by atoms with Crippen LogP contribution in [0.4, 0.5) is 5.69 Å². The van der Waals surface area contributed by atoms with Gasteiger partial charge in [0, 0.05) is 5.92 Å². The lowest BCUT2D eigenvalue weighted by Crippen LogP contribution is -2.04. The molecule has 0 saturated heterocycles. The monoisotopic (exact) mass is 258 g/mol. The van der Waals surface area contributed by atoms with Gasteiger partial charge in [-0.3, -0.25) is 0 Å². The lowest BCUT2D eigenvalue weighted by atomic mass is 9.89. The van der Waals surface area contributed by atoms with Crippen molar-refractivity contribution in [3.8, 4) is 0 Å². The molecule has 0 bridgehead atoms. The number of fused-ring (bicyclic) bond motifs is 1. The number of hydrogen-bond acceptors (Lipinski definition) is 3. The summed E-state index contributed by atoms with van der Waals surface area (Å²) < 4.78 is 5.94. The molecule has 2 aromatic rings. The molecule has 1 heterocycles. The Morgan fingerprint density at radius 1 is 1.21 bits per heavy atom. The molecule has 1 aliphatic carbocycles. The van der Waals surface area contributed by atoms with Crippen LogP contribution in [-0.2, 0) is 0 Å². The molecule has 1 aliphatic rings. The molecule has 3 heteroatoms. The molecule has 0 radical (unpaired) electrons. The maximum atomic E-state index is 6.10. The van der Waals surface area contributed by atoms with Gasteiger partial charge in [0.2, 0.25) is 0 Å². The number of nitrogens with zero attached hydrogens (tertiary/aromatic N) is 1. The van der Waals surface area contributed by atoms with Crippen LogP contribution in [0.5, 0.6) is 0 Å². The number of benzene rings is 1. The first-order chi connectivity index (χ1) is 9.15. The number of aromatic nitrogens is 1. The third kappa shape index (κ3) is 2.34. The van der Waals surface area contributed by atoms with Gasteiger partial charge in [0.15, 0.2) is 11.5 Å². The Hall–Kier alpha value is -1.51. The van der Waals surface area contributed by atoms with Crippen LogP contribution in [0.3, 0.4) is 0 Å². The fourth-order valence-corrected chi connectivity index (χ4v) is 2.96. The largest absolute Gasteiger partial charge is 0.438 e. The van der Waals surface area contributed by atoms with Crippen molar-refractivity contribution in [2.75, 3.05) is 5.73 Å². The first kappa shape index (κ1) is 12.5. The van der Waals surface area contributed by atoms with E-state index in [1.165, 1.54) is 37.7 Å². The molecule has 0 amide bonds. The number of oxazole rings is 1. The third-order valence-corrected chi connectivity index (χ3v) is 4.18. The summed E-state index contributed by atoms with van der Waals surface area (Å²) in [6.07, 6.45) is 6.32. The Kier molecular flexibility index (Phi) is 3.21. The quantitative estimate of drug-likeness (QED) is 0.802. The molecule has 102 valence electrons. The van der Waals surface area contributed by atoms with E-state index in [1.54, 1.807) is 0 Å². The van der Waals surface area contributed by atoms with Crippen molar-refractivity contribution in [2.45, 2.75) is 57.8 Å². The van der Waals surface area contributed by atoms with Gasteiger partial charge in [-0.2, -0.15) is 0 Å². The van der Waals surface area contributed by atoms with Gasteiger partial charge >= 0.3 is 0 Å². The maximum Gasteiger partial charge on any atom is 0.198 e. The van der Waals surface area contributed by atoms with Crippen LogP contribution in [-0.4, -0.2) is 4.98 Å². The van der Waals surface area contributed by atoms with Crippen molar-refractivity contribution in [2.24, 2.45) is 0 Å². The van der Waals surface area contributed by atoms with E-state index < -0.39 is 0 Å². The zero-order valence-electron chi connectivity index (χ0n) is 11.8. The minimum atomic E-state index is 0.460. The van der Waals surface area contributed by atoms with Crippen molar-refractivity contribution in [3.05, 3.63) is 23.6 Å². The van der Waals surface area contributed by atoms with Crippen LogP contribution in [0.2, 0.25) is 0 Å². The lowest BCUT2D eigenvalue weighted by Gasteiger charge is -2.17. The standard InChI is InChI=1S/C16H22N2O/c1-10(2)12-8-13(17)15-14(9-12)18-16(19-15)11-6-4-3-5-7-11/h8-11H,3-7,17H2,1-2H3. The second kappa shape index (κ2) is 4.87. The Bertz CT molecular complexity index is 580. The minimum absolute atomic E-state index is 0.460. The van der Waals surface area contributed by atoms with Crippen molar-refractivity contribution >= 4 is 16.8 Å².